The first kappa shape index (κ1) is 8.96. The predicted molar refractivity (Wildman–Crippen MR) is 33.1 cm³/mol. The molecule has 0 radical (unpaired) electrons. The highest BCUT2D eigenvalue weighted by Gasteiger charge is 1.76. The molecule has 0 rings (SSSR count). The van der Waals surface area contributed by atoms with Crippen LogP contribution < -0.4 is 4.49 Å². The summed E-state index contributed by atoms with van der Waals surface area (Å²) in [6.07, 6.45) is 0. The molecule has 0 amide bonds. The number of hydrogen-bond donors (Lipinski definition) is 3. The van der Waals surface area contributed by atoms with Crippen molar-refractivity contribution in [1.82, 2.24) is 4.49 Å². The zero-order valence-electron chi connectivity index (χ0n) is 3.92. The highest BCUT2D eigenvalue weighted by Crippen LogP contribution is 1.89. The Balaban J connectivity index is 3.75. The second-order valence-corrected chi connectivity index (χ2v) is 3.49. The third kappa shape index (κ3) is 7.96. The molecule has 0 heterocycles. The van der Waals surface area contributed by atoms with Gasteiger partial charge in [-0.3, -0.25) is 0 Å². The molecule has 0 aromatic rings. The van der Waals surface area contributed by atoms with Crippen molar-refractivity contribution in [2.45, 2.75) is 0 Å². The van der Waals surface area contributed by atoms with Gasteiger partial charge in [0.05, 0.1) is 0 Å². The van der Waals surface area contributed by atoms with Crippen LogP contribution in [0.25, 0.3) is 0 Å². The largest absolute Gasteiger partial charge is 0.247 e. The van der Waals surface area contributed by atoms with Crippen LogP contribution in [0, 0.1) is 0 Å². The fraction of sp³-hybridized carbons (Fsp3) is 0. The first-order valence-corrected chi connectivity index (χ1v) is 4.73. The molecule has 0 saturated heterocycles. The van der Waals surface area contributed by atoms with E-state index < -0.39 is 21.8 Å². The van der Waals surface area contributed by atoms with Crippen LogP contribution in [0.15, 0.2) is 4.15 Å². The zero-order valence-corrected chi connectivity index (χ0v) is 6.61. The van der Waals surface area contributed by atoms with E-state index in [-0.39, 0.29) is 8.52 Å². The van der Waals surface area contributed by atoms with Crippen LogP contribution >= 0.6 is 8.52 Å². The van der Waals surface area contributed by atoms with Crippen molar-refractivity contribution >= 4 is 30.3 Å². The summed E-state index contributed by atoms with van der Waals surface area (Å²) in [5.41, 5.74) is 0. The Labute approximate surface area is 56.4 Å². The van der Waals surface area contributed by atoms with E-state index in [1.807, 2.05) is 0 Å². The molecule has 0 aliphatic heterocycles. The SMILES string of the molecule is O=[SH](=O)N=PN[SH](=O)=O. The fourth-order valence-electron chi connectivity index (χ4n) is 0.0930. The van der Waals surface area contributed by atoms with Gasteiger partial charge >= 0.3 is 0 Å². The van der Waals surface area contributed by atoms with E-state index >= 15 is 0 Å². The second-order valence-electron chi connectivity index (χ2n) is 0.784. The van der Waals surface area contributed by atoms with E-state index in [1.165, 1.54) is 0 Å². The third-order valence-corrected chi connectivity index (χ3v) is 2.20. The minimum Gasteiger partial charge on any atom is -0.215 e. The summed E-state index contributed by atoms with van der Waals surface area (Å²) >= 11 is 0. The van der Waals surface area contributed by atoms with Gasteiger partial charge in [0, 0.05) is 0 Å². The molecule has 1 N–H and O–H groups in total. The van der Waals surface area contributed by atoms with E-state index in [4.69, 9.17) is 0 Å². The van der Waals surface area contributed by atoms with E-state index in [9.17, 15) is 16.8 Å². The van der Waals surface area contributed by atoms with Gasteiger partial charge in [0.1, 0.15) is 8.52 Å². The van der Waals surface area contributed by atoms with Crippen molar-refractivity contribution in [1.29, 1.82) is 0 Å². The fourth-order valence-corrected chi connectivity index (χ4v) is 1.20. The molecule has 0 unspecified atom stereocenters. The molecule has 0 saturated carbocycles. The second kappa shape index (κ2) is 4.80. The van der Waals surface area contributed by atoms with Gasteiger partial charge in [-0.15, -0.1) is 4.15 Å². The lowest BCUT2D eigenvalue weighted by atomic mass is 13.9. The molecule has 0 atom stereocenters. The number of thiol groups is 2. The Morgan fingerprint density at radius 3 is 2.11 bits per heavy atom. The summed E-state index contributed by atoms with van der Waals surface area (Å²) in [6.45, 7) is 0. The number of rotatable bonds is 3. The molecule has 0 aliphatic rings. The molecule has 0 aromatic carbocycles. The molecule has 6 nitrogen and oxygen atoms in total. The lowest BCUT2D eigenvalue weighted by Crippen LogP contribution is -1.91. The van der Waals surface area contributed by atoms with Crippen LogP contribution in [-0.4, -0.2) is 16.8 Å². The monoisotopic (exact) mass is 190 g/mol. The van der Waals surface area contributed by atoms with Crippen molar-refractivity contribution in [2.24, 2.45) is 4.15 Å². The maximum Gasteiger partial charge on any atom is 0.247 e. The van der Waals surface area contributed by atoms with Crippen molar-refractivity contribution in [2.75, 3.05) is 0 Å². The quantitative estimate of drug-likeness (QED) is 0.380. The van der Waals surface area contributed by atoms with Gasteiger partial charge in [-0.1, -0.05) is 0 Å². The van der Waals surface area contributed by atoms with Crippen LogP contribution in [0.3, 0.4) is 0 Å². The van der Waals surface area contributed by atoms with E-state index in [0.717, 1.165) is 0 Å². The average molecular weight is 190 g/mol. The van der Waals surface area contributed by atoms with E-state index in [0.29, 0.717) is 0 Å². The van der Waals surface area contributed by atoms with Crippen LogP contribution in [0.2, 0.25) is 0 Å². The van der Waals surface area contributed by atoms with Crippen molar-refractivity contribution in [3.05, 3.63) is 0 Å². The maximum absolute atomic E-state index is 9.64. The molecular weight excluding hydrogens is 187 g/mol. The average Bonchev–Trinajstić information content (AvgIpc) is 1.63. The Morgan fingerprint density at radius 1 is 1.22 bits per heavy atom. The van der Waals surface area contributed by atoms with Gasteiger partial charge in [0.25, 0.3) is 0 Å². The maximum atomic E-state index is 9.64. The standard InChI is InChI=1S/H3N2O4PS2/c3-8(4)1-7-2-9(5)6/h8-9H,(H,1,2,3,4,5,6). The van der Waals surface area contributed by atoms with Gasteiger partial charge in [0.2, 0.25) is 21.8 Å². The van der Waals surface area contributed by atoms with Crippen LogP contribution in [0.1, 0.15) is 0 Å². The minimum atomic E-state index is -2.85. The van der Waals surface area contributed by atoms with Gasteiger partial charge in [-0.2, -0.15) is 4.49 Å². The minimum absolute atomic E-state index is 0.186. The van der Waals surface area contributed by atoms with Gasteiger partial charge in [-0.25, -0.2) is 16.8 Å². The van der Waals surface area contributed by atoms with Crippen LogP contribution in [0.4, 0.5) is 0 Å². The van der Waals surface area contributed by atoms with Gasteiger partial charge < -0.3 is 0 Å². The molecule has 0 spiro atoms. The zero-order chi connectivity index (χ0) is 7.28. The third-order valence-electron chi connectivity index (χ3n) is 0.244. The summed E-state index contributed by atoms with van der Waals surface area (Å²) in [5.74, 6) is 0. The molecular formula is H3N2O4PS2. The summed E-state index contributed by atoms with van der Waals surface area (Å²) < 4.78 is 43.0. The number of hydrogen-bond acceptors (Lipinski definition) is 4. The highest BCUT2D eigenvalue weighted by molar-refractivity contribution is 7.78. The lowest BCUT2D eigenvalue weighted by molar-refractivity contribution is 0.613. The normalized spacial score (nSPS) is 11.8. The molecule has 0 fully saturated rings. The Bertz CT molecular complexity index is 221. The predicted octanol–water partition coefficient (Wildman–Crippen LogP) is -1.33. The van der Waals surface area contributed by atoms with Crippen LogP contribution in [0.5, 0.6) is 0 Å². The van der Waals surface area contributed by atoms with Crippen LogP contribution in [-0.2, 0) is 21.8 Å². The van der Waals surface area contributed by atoms with Crippen molar-refractivity contribution in [3.63, 3.8) is 0 Å². The van der Waals surface area contributed by atoms with Gasteiger partial charge in [-0.05, 0) is 0 Å². The molecule has 54 valence electrons. The van der Waals surface area contributed by atoms with E-state index in [2.05, 4.69) is 4.15 Å². The number of nitrogens with one attached hydrogen (secondary N) is 1. The van der Waals surface area contributed by atoms with Crippen molar-refractivity contribution < 1.29 is 16.8 Å². The smallest absolute Gasteiger partial charge is 0.215 e. The van der Waals surface area contributed by atoms with Crippen molar-refractivity contribution in [3.8, 4) is 0 Å². The first-order valence-electron chi connectivity index (χ1n) is 1.58. The summed E-state index contributed by atoms with van der Waals surface area (Å²) in [4.78, 5) is 0. The molecule has 0 aliphatic carbocycles. The Hall–Kier alpha value is -0.0400. The number of nitrogens with zero attached hydrogens (tertiary/aromatic N) is 1. The highest BCUT2D eigenvalue weighted by atomic mass is 32.2. The summed E-state index contributed by atoms with van der Waals surface area (Å²) in [6, 6.07) is 0. The molecule has 9 heavy (non-hydrogen) atoms. The van der Waals surface area contributed by atoms with E-state index in [1.54, 1.807) is 4.49 Å². The molecule has 9 heteroatoms. The Kier molecular flexibility index (Phi) is 4.78. The topological polar surface area (TPSA) is 92.7 Å². The summed E-state index contributed by atoms with van der Waals surface area (Å²) in [7, 11) is -5.79. The lowest BCUT2D eigenvalue weighted by Gasteiger charge is -1.73. The Morgan fingerprint density at radius 2 is 1.78 bits per heavy atom. The summed E-state index contributed by atoms with van der Waals surface area (Å²) in [5, 5.41) is 0. The molecule has 0 bridgehead atoms. The first-order chi connectivity index (χ1) is 4.13. The molecule has 0 aromatic heterocycles. The van der Waals surface area contributed by atoms with Gasteiger partial charge in [0.15, 0.2) is 0 Å².